The molecule has 0 aromatic rings. The first-order valence-corrected chi connectivity index (χ1v) is 12.0. The second-order valence-electron chi connectivity index (χ2n) is 9.13. The fourth-order valence-corrected chi connectivity index (χ4v) is 3.25. The van der Waals surface area contributed by atoms with Crippen molar-refractivity contribution in [2.45, 2.75) is 125 Å². The minimum absolute atomic E-state index is 0.0551. The van der Waals surface area contributed by atoms with Crippen LogP contribution in [0, 0.1) is 0 Å². The summed E-state index contributed by atoms with van der Waals surface area (Å²) in [6.45, 7) is 15.1. The van der Waals surface area contributed by atoms with E-state index in [-0.39, 0.29) is 12.1 Å². The highest BCUT2D eigenvalue weighted by atomic mass is 16.5. The van der Waals surface area contributed by atoms with E-state index in [9.17, 15) is 4.79 Å². The molecule has 2 heteroatoms. The lowest BCUT2D eigenvalue weighted by atomic mass is 10.0. The van der Waals surface area contributed by atoms with Crippen LogP contribution in [-0.4, -0.2) is 12.1 Å². The van der Waals surface area contributed by atoms with E-state index in [1.807, 2.05) is 0 Å². The highest BCUT2D eigenvalue weighted by Crippen LogP contribution is 2.16. The van der Waals surface area contributed by atoms with Crippen molar-refractivity contribution >= 4 is 5.97 Å². The van der Waals surface area contributed by atoms with Crippen LogP contribution < -0.4 is 0 Å². The van der Waals surface area contributed by atoms with Gasteiger partial charge in [-0.1, -0.05) is 73.1 Å². The van der Waals surface area contributed by atoms with Gasteiger partial charge in [-0.15, -0.1) is 0 Å². The molecule has 0 saturated carbocycles. The van der Waals surface area contributed by atoms with E-state index in [1.165, 1.54) is 41.6 Å². The Morgan fingerprint density at radius 2 is 1.30 bits per heavy atom. The van der Waals surface area contributed by atoms with Gasteiger partial charge in [-0.25, -0.2) is 0 Å². The zero-order valence-corrected chi connectivity index (χ0v) is 21.0. The van der Waals surface area contributed by atoms with E-state index in [0.717, 1.165) is 44.9 Å². The maximum Gasteiger partial charge on any atom is 0.306 e. The molecule has 0 radical (unpaired) electrons. The van der Waals surface area contributed by atoms with Crippen LogP contribution in [0.1, 0.15) is 119 Å². The van der Waals surface area contributed by atoms with Gasteiger partial charge in [-0.05, 0) is 79.7 Å². The molecule has 1 atom stereocenters. The molecule has 0 heterocycles. The van der Waals surface area contributed by atoms with Gasteiger partial charge >= 0.3 is 5.97 Å². The Bertz CT molecular complexity index is 582. The number of allylic oxidation sites excluding steroid dienone is 6. The van der Waals surface area contributed by atoms with Crippen LogP contribution in [0.4, 0.5) is 0 Å². The summed E-state index contributed by atoms with van der Waals surface area (Å²) in [5.74, 6) is -0.0551. The molecule has 0 rings (SSSR count). The Balaban J connectivity index is 4.83. The van der Waals surface area contributed by atoms with E-state index >= 15 is 0 Å². The maximum absolute atomic E-state index is 12.4. The minimum Gasteiger partial charge on any atom is -0.458 e. The number of rotatable bonds is 16. The van der Waals surface area contributed by atoms with Crippen molar-refractivity contribution in [3.05, 3.63) is 46.6 Å². The highest BCUT2D eigenvalue weighted by Gasteiger charge is 2.12. The van der Waals surface area contributed by atoms with Crippen molar-refractivity contribution in [2.24, 2.45) is 0 Å². The van der Waals surface area contributed by atoms with E-state index in [1.54, 1.807) is 0 Å². The second kappa shape index (κ2) is 18.2. The molecule has 0 aliphatic carbocycles. The summed E-state index contributed by atoms with van der Waals surface area (Å²) < 4.78 is 5.86. The fourth-order valence-electron chi connectivity index (χ4n) is 3.25. The van der Waals surface area contributed by atoms with Crippen LogP contribution in [0.5, 0.6) is 0 Å². The van der Waals surface area contributed by atoms with Crippen molar-refractivity contribution in [3.8, 4) is 0 Å². The summed E-state index contributed by atoms with van der Waals surface area (Å²) in [6.07, 6.45) is 20.0. The van der Waals surface area contributed by atoms with Gasteiger partial charge in [0.2, 0.25) is 0 Å². The third-order valence-corrected chi connectivity index (χ3v) is 5.12. The molecule has 0 aliphatic rings. The van der Waals surface area contributed by atoms with Crippen LogP contribution in [0.25, 0.3) is 0 Å². The molecule has 0 aromatic heterocycles. The topological polar surface area (TPSA) is 26.3 Å². The summed E-state index contributed by atoms with van der Waals surface area (Å²) in [4.78, 5) is 12.4. The lowest BCUT2D eigenvalue weighted by Gasteiger charge is -2.15. The Morgan fingerprint density at radius 1 is 0.733 bits per heavy atom. The molecular weight excluding hydrogens is 368 g/mol. The van der Waals surface area contributed by atoms with Crippen molar-refractivity contribution in [1.29, 1.82) is 0 Å². The Labute approximate surface area is 187 Å². The number of carbonyl (C=O) groups is 1. The molecule has 0 bridgehead atoms. The number of esters is 1. The van der Waals surface area contributed by atoms with Crippen molar-refractivity contribution in [2.75, 3.05) is 0 Å². The van der Waals surface area contributed by atoms with E-state index in [4.69, 9.17) is 4.74 Å². The summed E-state index contributed by atoms with van der Waals surface area (Å²) in [5, 5.41) is 0. The number of carbonyl (C=O) groups excluding carboxylic acids is 1. The Kier molecular flexibility index (Phi) is 17.3. The summed E-state index contributed by atoms with van der Waals surface area (Å²) >= 11 is 0. The van der Waals surface area contributed by atoms with Crippen LogP contribution in [0.2, 0.25) is 0 Å². The predicted octanol–water partition coefficient (Wildman–Crippen LogP) is 9.03. The molecule has 2 nitrogen and oxygen atoms in total. The lowest BCUT2D eigenvalue weighted by Crippen LogP contribution is -2.16. The number of hydrogen-bond acceptors (Lipinski definition) is 2. The summed E-state index contributed by atoms with van der Waals surface area (Å²) in [7, 11) is 0. The van der Waals surface area contributed by atoms with Crippen LogP contribution in [0.15, 0.2) is 46.6 Å². The standard InChI is InChI=1S/C28H48O2/c1-8-9-10-11-12-19-28(29)30-27(22-26(7)18-14-16-24(4)5)21-20-25(6)17-13-15-23(2)3/h15-16,20,22,27H,8-14,17-19,21H2,1-7H3. The van der Waals surface area contributed by atoms with Crippen LogP contribution >= 0.6 is 0 Å². The van der Waals surface area contributed by atoms with Crippen molar-refractivity contribution in [3.63, 3.8) is 0 Å². The van der Waals surface area contributed by atoms with Crippen LogP contribution in [-0.2, 0) is 9.53 Å². The Hall–Kier alpha value is -1.57. The van der Waals surface area contributed by atoms with Crippen molar-refractivity contribution < 1.29 is 9.53 Å². The molecule has 172 valence electrons. The molecule has 0 amide bonds. The first-order valence-electron chi connectivity index (χ1n) is 12.0. The van der Waals surface area contributed by atoms with E-state index < -0.39 is 0 Å². The molecule has 0 saturated heterocycles. The fraction of sp³-hybridized carbons (Fsp3) is 0.679. The van der Waals surface area contributed by atoms with Gasteiger partial charge in [0.25, 0.3) is 0 Å². The van der Waals surface area contributed by atoms with Gasteiger partial charge in [0.1, 0.15) is 6.10 Å². The smallest absolute Gasteiger partial charge is 0.306 e. The van der Waals surface area contributed by atoms with E-state index in [2.05, 4.69) is 72.8 Å². The zero-order chi connectivity index (χ0) is 22.8. The third kappa shape index (κ3) is 18.5. The van der Waals surface area contributed by atoms with Gasteiger partial charge in [0.05, 0.1) is 0 Å². The molecule has 0 N–H and O–H groups in total. The quantitative estimate of drug-likeness (QED) is 0.142. The molecule has 0 spiro atoms. The number of hydrogen-bond donors (Lipinski definition) is 0. The molecule has 0 fully saturated rings. The largest absolute Gasteiger partial charge is 0.458 e. The number of unbranched alkanes of at least 4 members (excludes halogenated alkanes) is 4. The maximum atomic E-state index is 12.4. The monoisotopic (exact) mass is 416 g/mol. The first kappa shape index (κ1) is 28.4. The molecule has 1 unspecified atom stereocenters. The Morgan fingerprint density at radius 3 is 1.87 bits per heavy atom. The van der Waals surface area contributed by atoms with E-state index in [0.29, 0.717) is 6.42 Å². The van der Waals surface area contributed by atoms with Crippen LogP contribution in [0.3, 0.4) is 0 Å². The minimum atomic E-state index is -0.154. The molecule has 0 aliphatic heterocycles. The highest BCUT2D eigenvalue weighted by molar-refractivity contribution is 5.69. The lowest BCUT2D eigenvalue weighted by molar-refractivity contribution is -0.146. The van der Waals surface area contributed by atoms with Gasteiger partial charge in [-0.3, -0.25) is 4.79 Å². The SMILES string of the molecule is CCCCCCCC(=O)OC(C=C(C)CCC=C(C)C)CC=C(C)CCC=C(C)C. The van der Waals surface area contributed by atoms with Crippen molar-refractivity contribution in [1.82, 2.24) is 0 Å². The van der Waals surface area contributed by atoms with Gasteiger partial charge in [0, 0.05) is 12.8 Å². The number of ether oxygens (including phenoxy) is 1. The third-order valence-electron chi connectivity index (χ3n) is 5.12. The van der Waals surface area contributed by atoms with Gasteiger partial charge < -0.3 is 4.74 Å². The molecule has 30 heavy (non-hydrogen) atoms. The summed E-state index contributed by atoms with van der Waals surface area (Å²) in [5.41, 5.74) is 5.37. The summed E-state index contributed by atoms with van der Waals surface area (Å²) in [6, 6.07) is 0. The molecular formula is C28H48O2. The molecule has 0 aromatic carbocycles. The second-order valence-corrected chi connectivity index (χ2v) is 9.13. The normalized spacial score (nSPS) is 13.0. The predicted molar refractivity (Wildman–Crippen MR) is 133 cm³/mol. The average Bonchev–Trinajstić information content (AvgIpc) is 2.65. The van der Waals surface area contributed by atoms with Gasteiger partial charge in [0.15, 0.2) is 0 Å². The van der Waals surface area contributed by atoms with Gasteiger partial charge in [-0.2, -0.15) is 0 Å². The first-order chi connectivity index (χ1) is 14.2. The average molecular weight is 417 g/mol. The zero-order valence-electron chi connectivity index (χ0n) is 21.0.